The maximum atomic E-state index is 12.7. The van der Waals surface area contributed by atoms with Crippen LogP contribution < -0.4 is 15.5 Å². The van der Waals surface area contributed by atoms with Gasteiger partial charge >= 0.3 is 0 Å². The summed E-state index contributed by atoms with van der Waals surface area (Å²) in [6.07, 6.45) is 0. The summed E-state index contributed by atoms with van der Waals surface area (Å²) < 4.78 is 0. The first-order valence-electron chi connectivity index (χ1n) is 11.0. The van der Waals surface area contributed by atoms with Crippen LogP contribution in [0, 0.1) is 0 Å². The predicted octanol–water partition coefficient (Wildman–Crippen LogP) is 4.03. The molecule has 1 saturated heterocycles. The molecule has 2 amide bonds. The van der Waals surface area contributed by atoms with Crippen molar-refractivity contribution >= 4 is 34.8 Å². The van der Waals surface area contributed by atoms with Gasteiger partial charge in [0.05, 0.1) is 28.5 Å². The Balaban J connectivity index is 1.30. The van der Waals surface area contributed by atoms with E-state index in [1.165, 1.54) is 0 Å². The molecule has 0 aliphatic carbocycles. The molecule has 2 N–H and O–H groups in total. The molecule has 0 saturated carbocycles. The minimum atomic E-state index is -0.219. The number of benzene rings is 3. The molecule has 0 spiro atoms. The van der Waals surface area contributed by atoms with Crippen molar-refractivity contribution in [3.63, 3.8) is 0 Å². The summed E-state index contributed by atoms with van der Waals surface area (Å²) in [6.45, 7) is 3.83. The van der Waals surface area contributed by atoms with Crippen LogP contribution >= 0.6 is 11.6 Å². The number of carbonyl (C=O) groups excluding carboxylic acids is 2. The van der Waals surface area contributed by atoms with Gasteiger partial charge in [0.2, 0.25) is 5.91 Å². The van der Waals surface area contributed by atoms with Crippen LogP contribution in [-0.2, 0) is 11.3 Å². The van der Waals surface area contributed by atoms with Gasteiger partial charge in [-0.05, 0) is 29.8 Å². The topological polar surface area (TPSA) is 64.7 Å². The highest BCUT2D eigenvalue weighted by atomic mass is 35.5. The summed E-state index contributed by atoms with van der Waals surface area (Å²) in [7, 11) is 0. The van der Waals surface area contributed by atoms with Crippen molar-refractivity contribution in [3.05, 3.63) is 95.0 Å². The van der Waals surface area contributed by atoms with Gasteiger partial charge < -0.3 is 15.5 Å². The van der Waals surface area contributed by atoms with E-state index in [4.69, 9.17) is 11.6 Å². The van der Waals surface area contributed by atoms with E-state index in [1.54, 1.807) is 18.2 Å². The normalized spacial score (nSPS) is 14.0. The van der Waals surface area contributed by atoms with Crippen molar-refractivity contribution in [2.24, 2.45) is 0 Å². The van der Waals surface area contributed by atoms with Gasteiger partial charge in [0.15, 0.2) is 0 Å². The van der Waals surface area contributed by atoms with E-state index < -0.39 is 0 Å². The zero-order chi connectivity index (χ0) is 23.0. The van der Waals surface area contributed by atoms with E-state index in [0.29, 0.717) is 17.8 Å². The second kappa shape index (κ2) is 11.0. The predicted molar refractivity (Wildman–Crippen MR) is 133 cm³/mol. The highest BCUT2D eigenvalue weighted by Crippen LogP contribution is 2.26. The fourth-order valence-corrected chi connectivity index (χ4v) is 4.17. The summed E-state index contributed by atoms with van der Waals surface area (Å²) in [6, 6.07) is 24.6. The molecule has 1 heterocycles. The Labute approximate surface area is 199 Å². The SMILES string of the molecule is O=C(CN1CCN(c2ccccc2Cl)CC1)Nc1ccccc1C(=O)NCc1ccccc1. The van der Waals surface area contributed by atoms with E-state index in [0.717, 1.165) is 42.5 Å². The largest absolute Gasteiger partial charge is 0.368 e. The monoisotopic (exact) mass is 462 g/mol. The first kappa shape index (κ1) is 22.8. The Bertz CT molecular complexity index is 1100. The Hall–Kier alpha value is -3.35. The number of anilines is 2. The van der Waals surface area contributed by atoms with E-state index in [9.17, 15) is 9.59 Å². The number of hydrogen-bond acceptors (Lipinski definition) is 4. The van der Waals surface area contributed by atoms with Crippen LogP contribution in [0.15, 0.2) is 78.9 Å². The first-order chi connectivity index (χ1) is 16.1. The fraction of sp³-hybridized carbons (Fsp3) is 0.231. The van der Waals surface area contributed by atoms with Crippen LogP contribution in [0.25, 0.3) is 0 Å². The van der Waals surface area contributed by atoms with Crippen LogP contribution in [0.2, 0.25) is 5.02 Å². The smallest absolute Gasteiger partial charge is 0.253 e. The Morgan fingerprint density at radius 1 is 0.818 bits per heavy atom. The summed E-state index contributed by atoms with van der Waals surface area (Å²) in [4.78, 5) is 29.8. The third-order valence-corrected chi connectivity index (χ3v) is 5.99. The Morgan fingerprint density at radius 2 is 1.48 bits per heavy atom. The molecule has 6 nitrogen and oxygen atoms in total. The summed E-state index contributed by atoms with van der Waals surface area (Å²) in [5.74, 6) is -0.354. The van der Waals surface area contributed by atoms with Crippen LogP contribution in [0.5, 0.6) is 0 Å². The number of piperazine rings is 1. The number of nitrogens with zero attached hydrogens (tertiary/aromatic N) is 2. The van der Waals surface area contributed by atoms with Gasteiger partial charge in [0.1, 0.15) is 0 Å². The number of amides is 2. The fourth-order valence-electron chi connectivity index (χ4n) is 3.91. The van der Waals surface area contributed by atoms with Crippen molar-refractivity contribution in [1.82, 2.24) is 10.2 Å². The van der Waals surface area contributed by atoms with Crippen molar-refractivity contribution in [2.45, 2.75) is 6.54 Å². The standard InChI is InChI=1S/C26H27ClN4O2/c27-22-11-5-7-13-24(22)31-16-14-30(15-17-31)19-25(32)29-23-12-6-4-10-21(23)26(33)28-18-20-8-2-1-3-9-20/h1-13H,14-19H2,(H,28,33)(H,29,32). The summed E-state index contributed by atoms with van der Waals surface area (Å²) >= 11 is 6.31. The molecule has 1 aliphatic heterocycles. The average Bonchev–Trinajstić information content (AvgIpc) is 2.84. The van der Waals surface area contributed by atoms with Crippen LogP contribution in [-0.4, -0.2) is 49.4 Å². The van der Waals surface area contributed by atoms with Crippen molar-refractivity contribution in [2.75, 3.05) is 42.9 Å². The average molecular weight is 463 g/mol. The van der Waals surface area contributed by atoms with Crippen LogP contribution in [0.1, 0.15) is 15.9 Å². The minimum Gasteiger partial charge on any atom is -0.368 e. The molecular formula is C26H27ClN4O2. The second-order valence-corrected chi connectivity index (χ2v) is 8.38. The number of para-hydroxylation sites is 2. The first-order valence-corrected chi connectivity index (χ1v) is 11.4. The van der Waals surface area contributed by atoms with E-state index in [-0.39, 0.29) is 18.4 Å². The minimum absolute atomic E-state index is 0.135. The molecule has 33 heavy (non-hydrogen) atoms. The summed E-state index contributed by atoms with van der Waals surface area (Å²) in [5.41, 5.74) is 3.01. The molecule has 170 valence electrons. The van der Waals surface area contributed by atoms with E-state index in [1.807, 2.05) is 60.7 Å². The number of rotatable bonds is 7. The third-order valence-electron chi connectivity index (χ3n) is 5.67. The number of halogens is 1. The molecule has 0 atom stereocenters. The molecule has 1 fully saturated rings. The van der Waals surface area contributed by atoms with E-state index >= 15 is 0 Å². The molecule has 0 radical (unpaired) electrons. The van der Waals surface area contributed by atoms with Crippen molar-refractivity contribution < 1.29 is 9.59 Å². The molecule has 0 unspecified atom stereocenters. The zero-order valence-corrected chi connectivity index (χ0v) is 19.1. The van der Waals surface area contributed by atoms with Gasteiger partial charge in [0, 0.05) is 32.7 Å². The number of carbonyl (C=O) groups is 2. The highest BCUT2D eigenvalue weighted by molar-refractivity contribution is 6.33. The Kier molecular flexibility index (Phi) is 7.60. The van der Waals surface area contributed by atoms with Gasteiger partial charge in [-0.15, -0.1) is 0 Å². The Morgan fingerprint density at radius 3 is 2.24 bits per heavy atom. The number of nitrogens with one attached hydrogen (secondary N) is 2. The molecule has 3 aromatic carbocycles. The lowest BCUT2D eigenvalue weighted by molar-refractivity contribution is -0.117. The lowest BCUT2D eigenvalue weighted by Crippen LogP contribution is -2.48. The van der Waals surface area contributed by atoms with Crippen molar-refractivity contribution in [1.29, 1.82) is 0 Å². The van der Waals surface area contributed by atoms with E-state index in [2.05, 4.69) is 20.4 Å². The van der Waals surface area contributed by atoms with Gasteiger partial charge in [-0.1, -0.05) is 66.2 Å². The third kappa shape index (κ3) is 6.12. The highest BCUT2D eigenvalue weighted by Gasteiger charge is 2.21. The lowest BCUT2D eigenvalue weighted by Gasteiger charge is -2.36. The molecule has 7 heteroatoms. The molecule has 4 rings (SSSR count). The molecule has 0 bridgehead atoms. The maximum absolute atomic E-state index is 12.7. The summed E-state index contributed by atoms with van der Waals surface area (Å²) in [5, 5.41) is 6.57. The van der Waals surface area contributed by atoms with Crippen LogP contribution in [0.4, 0.5) is 11.4 Å². The van der Waals surface area contributed by atoms with Gasteiger partial charge in [-0.25, -0.2) is 0 Å². The number of hydrogen-bond donors (Lipinski definition) is 2. The molecule has 3 aromatic rings. The van der Waals surface area contributed by atoms with Gasteiger partial charge in [0.25, 0.3) is 5.91 Å². The quantitative estimate of drug-likeness (QED) is 0.556. The lowest BCUT2D eigenvalue weighted by atomic mass is 10.1. The zero-order valence-electron chi connectivity index (χ0n) is 18.3. The molecule has 0 aromatic heterocycles. The van der Waals surface area contributed by atoms with Gasteiger partial charge in [-0.2, -0.15) is 0 Å². The second-order valence-electron chi connectivity index (χ2n) is 7.98. The van der Waals surface area contributed by atoms with Crippen LogP contribution in [0.3, 0.4) is 0 Å². The maximum Gasteiger partial charge on any atom is 0.253 e. The van der Waals surface area contributed by atoms with Gasteiger partial charge in [-0.3, -0.25) is 14.5 Å². The van der Waals surface area contributed by atoms with Crippen molar-refractivity contribution in [3.8, 4) is 0 Å². The molecular weight excluding hydrogens is 436 g/mol. The molecule has 1 aliphatic rings.